The fourth-order valence-corrected chi connectivity index (χ4v) is 2.53. The smallest absolute Gasteiger partial charge is 0.257 e. The zero-order valence-electron chi connectivity index (χ0n) is 13.9. The van der Waals surface area contributed by atoms with Crippen molar-refractivity contribution < 1.29 is 18.3 Å². The first-order valence-electron chi connectivity index (χ1n) is 8.12. The van der Waals surface area contributed by atoms with Crippen LogP contribution in [0.15, 0.2) is 72.8 Å². The molecule has 26 heavy (non-hydrogen) atoms. The van der Waals surface area contributed by atoms with Crippen LogP contribution in [0.4, 0.5) is 8.78 Å². The highest BCUT2D eigenvalue weighted by molar-refractivity contribution is 5.94. The van der Waals surface area contributed by atoms with Gasteiger partial charge in [0.1, 0.15) is 29.6 Å². The summed E-state index contributed by atoms with van der Waals surface area (Å²) in [5, 5.41) is 2.56. The monoisotopic (exact) mass is 353 g/mol. The van der Waals surface area contributed by atoms with Gasteiger partial charge in [0, 0.05) is 6.54 Å². The van der Waals surface area contributed by atoms with Crippen LogP contribution in [0.25, 0.3) is 0 Å². The highest BCUT2D eigenvalue weighted by Gasteiger charge is 2.17. The molecule has 0 aliphatic rings. The molecule has 0 radical (unpaired) electrons. The fraction of sp³-hybridized carbons (Fsp3) is 0.0952. The summed E-state index contributed by atoms with van der Waals surface area (Å²) in [4.78, 5) is 12.1. The summed E-state index contributed by atoms with van der Waals surface area (Å²) in [6, 6.07) is 20.1. The molecule has 0 saturated heterocycles. The van der Waals surface area contributed by atoms with Gasteiger partial charge < -0.3 is 10.1 Å². The molecule has 0 heterocycles. The van der Waals surface area contributed by atoms with Gasteiger partial charge in [-0.15, -0.1) is 0 Å². The SMILES string of the molecule is O=C(NCc1ccccc1COc1ccccc1)c1c(F)cccc1F. The number of carbonyl (C=O) groups excluding carboxylic acids is 1. The molecule has 0 unspecified atom stereocenters. The molecule has 5 heteroatoms. The van der Waals surface area contributed by atoms with Crippen LogP contribution in [0.3, 0.4) is 0 Å². The topological polar surface area (TPSA) is 38.3 Å². The zero-order valence-corrected chi connectivity index (χ0v) is 13.9. The van der Waals surface area contributed by atoms with Gasteiger partial charge in [-0.3, -0.25) is 4.79 Å². The van der Waals surface area contributed by atoms with Crippen molar-refractivity contribution in [3.63, 3.8) is 0 Å². The highest BCUT2D eigenvalue weighted by atomic mass is 19.1. The fourth-order valence-electron chi connectivity index (χ4n) is 2.53. The molecule has 0 aliphatic carbocycles. The maximum Gasteiger partial charge on any atom is 0.257 e. The molecule has 3 nitrogen and oxygen atoms in total. The van der Waals surface area contributed by atoms with Crippen LogP contribution in [0, 0.1) is 11.6 Å². The first-order chi connectivity index (χ1) is 12.6. The van der Waals surface area contributed by atoms with E-state index in [9.17, 15) is 13.6 Å². The second kappa shape index (κ2) is 8.25. The minimum absolute atomic E-state index is 0.140. The lowest BCUT2D eigenvalue weighted by Crippen LogP contribution is -2.25. The molecule has 3 rings (SSSR count). The molecular formula is C21H17F2NO2. The largest absolute Gasteiger partial charge is 0.489 e. The number of hydrogen-bond donors (Lipinski definition) is 1. The Kier molecular flexibility index (Phi) is 5.59. The minimum atomic E-state index is -0.886. The predicted molar refractivity (Wildman–Crippen MR) is 94.7 cm³/mol. The summed E-state index contributed by atoms with van der Waals surface area (Å²) in [6.45, 7) is 0.463. The van der Waals surface area contributed by atoms with E-state index in [1.807, 2.05) is 54.6 Å². The molecule has 132 valence electrons. The molecule has 0 aliphatic heterocycles. The lowest BCUT2D eigenvalue weighted by molar-refractivity contribution is 0.0942. The van der Waals surface area contributed by atoms with Crippen LogP contribution in [0.1, 0.15) is 21.5 Å². The van der Waals surface area contributed by atoms with Crippen molar-refractivity contribution in [2.45, 2.75) is 13.2 Å². The van der Waals surface area contributed by atoms with Gasteiger partial charge in [-0.25, -0.2) is 8.78 Å². The van der Waals surface area contributed by atoms with E-state index >= 15 is 0 Å². The number of ether oxygens (including phenoxy) is 1. The lowest BCUT2D eigenvalue weighted by Gasteiger charge is -2.12. The summed E-state index contributed by atoms with van der Waals surface area (Å²) in [5.74, 6) is -1.83. The molecule has 3 aromatic carbocycles. The molecule has 0 fully saturated rings. The van der Waals surface area contributed by atoms with E-state index in [2.05, 4.69) is 5.32 Å². The maximum absolute atomic E-state index is 13.7. The van der Waals surface area contributed by atoms with Crippen LogP contribution >= 0.6 is 0 Å². The van der Waals surface area contributed by atoms with Gasteiger partial charge in [-0.05, 0) is 35.4 Å². The highest BCUT2D eigenvalue weighted by Crippen LogP contribution is 2.16. The first-order valence-corrected chi connectivity index (χ1v) is 8.12. The van der Waals surface area contributed by atoms with Crippen molar-refractivity contribution in [2.75, 3.05) is 0 Å². The average molecular weight is 353 g/mol. The van der Waals surface area contributed by atoms with Gasteiger partial charge in [0.15, 0.2) is 0 Å². The van der Waals surface area contributed by atoms with Gasteiger partial charge in [0.05, 0.1) is 0 Å². The normalized spacial score (nSPS) is 10.4. The molecule has 1 amide bonds. The second-order valence-corrected chi connectivity index (χ2v) is 5.65. The summed E-state index contributed by atoms with van der Waals surface area (Å²) in [6.07, 6.45) is 0. The second-order valence-electron chi connectivity index (χ2n) is 5.65. The summed E-state index contributed by atoms with van der Waals surface area (Å²) in [5.41, 5.74) is 1.12. The summed E-state index contributed by atoms with van der Waals surface area (Å²) < 4.78 is 33.1. The van der Waals surface area contributed by atoms with E-state index < -0.39 is 23.1 Å². The molecule has 0 atom stereocenters. The Labute approximate surface area is 150 Å². The Morgan fingerprint density at radius 1 is 0.808 bits per heavy atom. The number of nitrogens with one attached hydrogen (secondary N) is 1. The lowest BCUT2D eigenvalue weighted by atomic mass is 10.1. The molecule has 0 aromatic heterocycles. The van der Waals surface area contributed by atoms with Gasteiger partial charge in [-0.2, -0.15) is 0 Å². The van der Waals surface area contributed by atoms with E-state index in [1.54, 1.807) is 0 Å². The van der Waals surface area contributed by atoms with Crippen LogP contribution < -0.4 is 10.1 Å². The van der Waals surface area contributed by atoms with Gasteiger partial charge >= 0.3 is 0 Å². The Hall–Kier alpha value is -3.21. The first kappa shape index (κ1) is 17.6. The number of carbonyl (C=O) groups is 1. The number of benzene rings is 3. The van der Waals surface area contributed by atoms with E-state index in [0.29, 0.717) is 6.61 Å². The Bertz CT molecular complexity index is 877. The standard InChI is InChI=1S/C21H17F2NO2/c22-18-11-6-12-19(23)20(18)21(25)24-13-15-7-4-5-8-16(15)14-26-17-9-2-1-3-10-17/h1-12H,13-14H2,(H,24,25). The van der Waals surface area contributed by atoms with Crippen molar-refractivity contribution in [1.82, 2.24) is 5.32 Å². The van der Waals surface area contributed by atoms with Gasteiger partial charge in [0.25, 0.3) is 5.91 Å². The van der Waals surface area contributed by atoms with Crippen LogP contribution in [-0.4, -0.2) is 5.91 Å². The average Bonchev–Trinajstić information content (AvgIpc) is 2.66. The van der Waals surface area contributed by atoms with Crippen molar-refractivity contribution >= 4 is 5.91 Å². The zero-order chi connectivity index (χ0) is 18.4. The molecule has 0 saturated carbocycles. The third-order valence-corrected chi connectivity index (χ3v) is 3.89. The van der Waals surface area contributed by atoms with Crippen molar-refractivity contribution in [3.05, 3.63) is 101 Å². The quantitative estimate of drug-likeness (QED) is 0.710. The van der Waals surface area contributed by atoms with Crippen LogP contribution in [0.5, 0.6) is 5.75 Å². The number of amides is 1. The predicted octanol–water partition coefficient (Wildman–Crippen LogP) is 4.47. The minimum Gasteiger partial charge on any atom is -0.489 e. The van der Waals surface area contributed by atoms with Gasteiger partial charge in [0.2, 0.25) is 0 Å². The van der Waals surface area contributed by atoms with E-state index in [0.717, 1.165) is 29.0 Å². The van der Waals surface area contributed by atoms with Crippen molar-refractivity contribution in [3.8, 4) is 5.75 Å². The third kappa shape index (κ3) is 4.25. The van der Waals surface area contributed by atoms with Crippen LogP contribution in [0.2, 0.25) is 0 Å². The number of hydrogen-bond acceptors (Lipinski definition) is 2. The Balaban J connectivity index is 1.68. The van der Waals surface area contributed by atoms with E-state index in [-0.39, 0.29) is 6.54 Å². The third-order valence-electron chi connectivity index (χ3n) is 3.89. The summed E-state index contributed by atoms with van der Waals surface area (Å²) in [7, 11) is 0. The number of rotatable bonds is 6. The molecule has 0 bridgehead atoms. The molecule has 1 N–H and O–H groups in total. The van der Waals surface area contributed by atoms with Crippen molar-refractivity contribution in [1.29, 1.82) is 0 Å². The Morgan fingerprint density at radius 3 is 2.12 bits per heavy atom. The Morgan fingerprint density at radius 2 is 1.42 bits per heavy atom. The van der Waals surface area contributed by atoms with E-state index in [1.165, 1.54) is 6.07 Å². The number of para-hydroxylation sites is 1. The summed E-state index contributed by atoms with van der Waals surface area (Å²) >= 11 is 0. The molecule has 3 aromatic rings. The molecular weight excluding hydrogens is 336 g/mol. The van der Waals surface area contributed by atoms with Crippen molar-refractivity contribution in [2.24, 2.45) is 0 Å². The number of halogens is 2. The van der Waals surface area contributed by atoms with Gasteiger partial charge in [-0.1, -0.05) is 48.5 Å². The van der Waals surface area contributed by atoms with E-state index in [4.69, 9.17) is 4.74 Å². The van der Waals surface area contributed by atoms with Crippen LogP contribution in [-0.2, 0) is 13.2 Å². The molecule has 0 spiro atoms. The maximum atomic E-state index is 13.7.